The Morgan fingerprint density at radius 2 is 2.16 bits per heavy atom. The van der Waals surface area contributed by atoms with Gasteiger partial charge in [0.25, 0.3) is 0 Å². The molecule has 1 aromatic rings. The summed E-state index contributed by atoms with van der Waals surface area (Å²) >= 11 is 0. The molecule has 0 aromatic heterocycles. The third-order valence-corrected chi connectivity index (χ3v) is 2.56. The molecule has 1 unspecified atom stereocenters. The Morgan fingerprint density at radius 3 is 2.79 bits per heavy atom. The average Bonchev–Trinajstić information content (AvgIpc) is 2.33. The van der Waals surface area contributed by atoms with E-state index in [9.17, 15) is 9.18 Å². The van der Waals surface area contributed by atoms with Gasteiger partial charge in [0.05, 0.1) is 12.3 Å². The fourth-order valence-corrected chi connectivity index (χ4v) is 1.77. The zero-order valence-corrected chi connectivity index (χ0v) is 11.6. The first kappa shape index (κ1) is 15.4. The van der Waals surface area contributed by atoms with E-state index in [1.54, 1.807) is 0 Å². The van der Waals surface area contributed by atoms with Crippen molar-refractivity contribution in [3.63, 3.8) is 0 Å². The standard InChI is InChI=1S/C14H21FN2O2/c1-4-16-10(3)8-14(18)17-12-7-6-11(15)9-13(12)19-5-2/h6-7,9-10,16H,4-5,8H2,1-3H3,(H,17,18). The maximum Gasteiger partial charge on any atom is 0.226 e. The first-order valence-corrected chi connectivity index (χ1v) is 6.52. The molecule has 0 aliphatic rings. The second-order valence-electron chi connectivity index (χ2n) is 4.28. The third-order valence-electron chi connectivity index (χ3n) is 2.56. The van der Waals surface area contributed by atoms with Crippen molar-refractivity contribution >= 4 is 11.6 Å². The van der Waals surface area contributed by atoms with Crippen LogP contribution in [0.2, 0.25) is 0 Å². The minimum absolute atomic E-state index is 0.0981. The summed E-state index contributed by atoms with van der Waals surface area (Å²) in [5, 5.41) is 5.90. The van der Waals surface area contributed by atoms with Crippen LogP contribution in [0.15, 0.2) is 18.2 Å². The number of hydrogen-bond acceptors (Lipinski definition) is 3. The lowest BCUT2D eigenvalue weighted by atomic mass is 10.2. The molecule has 19 heavy (non-hydrogen) atoms. The number of halogens is 1. The molecule has 0 aliphatic carbocycles. The Kier molecular flexibility index (Phi) is 6.29. The number of carbonyl (C=O) groups is 1. The lowest BCUT2D eigenvalue weighted by Crippen LogP contribution is -2.30. The quantitative estimate of drug-likeness (QED) is 0.799. The average molecular weight is 268 g/mol. The summed E-state index contributed by atoms with van der Waals surface area (Å²) in [4.78, 5) is 11.8. The molecule has 0 aliphatic heterocycles. The molecule has 0 saturated carbocycles. The van der Waals surface area contributed by atoms with Crippen LogP contribution in [0.5, 0.6) is 5.75 Å². The van der Waals surface area contributed by atoms with E-state index in [-0.39, 0.29) is 17.8 Å². The van der Waals surface area contributed by atoms with Gasteiger partial charge in [-0.1, -0.05) is 6.92 Å². The second-order valence-corrected chi connectivity index (χ2v) is 4.28. The molecule has 5 heteroatoms. The van der Waals surface area contributed by atoms with Crippen molar-refractivity contribution in [1.82, 2.24) is 5.32 Å². The van der Waals surface area contributed by atoms with Crippen molar-refractivity contribution in [3.8, 4) is 5.75 Å². The first-order valence-electron chi connectivity index (χ1n) is 6.52. The van der Waals surface area contributed by atoms with Crippen molar-refractivity contribution in [2.24, 2.45) is 0 Å². The van der Waals surface area contributed by atoms with Crippen molar-refractivity contribution in [2.75, 3.05) is 18.5 Å². The van der Waals surface area contributed by atoms with Crippen LogP contribution in [0.3, 0.4) is 0 Å². The number of nitrogens with one attached hydrogen (secondary N) is 2. The van der Waals surface area contributed by atoms with E-state index in [0.717, 1.165) is 6.54 Å². The minimum atomic E-state index is -0.387. The van der Waals surface area contributed by atoms with E-state index >= 15 is 0 Å². The number of ether oxygens (including phenoxy) is 1. The van der Waals surface area contributed by atoms with Gasteiger partial charge in [0.15, 0.2) is 0 Å². The van der Waals surface area contributed by atoms with E-state index in [2.05, 4.69) is 10.6 Å². The molecule has 2 N–H and O–H groups in total. The third kappa shape index (κ3) is 5.26. The van der Waals surface area contributed by atoms with Crippen LogP contribution in [-0.2, 0) is 4.79 Å². The van der Waals surface area contributed by atoms with Crippen LogP contribution in [0, 0.1) is 5.82 Å². The lowest BCUT2D eigenvalue weighted by molar-refractivity contribution is -0.116. The first-order chi connectivity index (χ1) is 9.06. The van der Waals surface area contributed by atoms with Crippen LogP contribution >= 0.6 is 0 Å². The highest BCUT2D eigenvalue weighted by Gasteiger charge is 2.11. The summed E-state index contributed by atoms with van der Waals surface area (Å²) in [5.41, 5.74) is 0.497. The largest absolute Gasteiger partial charge is 0.492 e. The molecule has 0 spiro atoms. The number of anilines is 1. The second kappa shape index (κ2) is 7.74. The molecule has 0 radical (unpaired) electrons. The van der Waals surface area contributed by atoms with Gasteiger partial charge in [-0.05, 0) is 32.5 Å². The molecule has 1 aromatic carbocycles. The Bertz CT molecular complexity index is 424. The van der Waals surface area contributed by atoms with Crippen LogP contribution < -0.4 is 15.4 Å². The summed E-state index contributed by atoms with van der Waals surface area (Å²) in [5.74, 6) is -0.157. The molecule has 4 nitrogen and oxygen atoms in total. The van der Waals surface area contributed by atoms with Crippen LogP contribution in [-0.4, -0.2) is 25.1 Å². The van der Waals surface area contributed by atoms with E-state index in [4.69, 9.17) is 4.74 Å². The highest BCUT2D eigenvalue weighted by molar-refractivity contribution is 5.92. The zero-order valence-electron chi connectivity index (χ0n) is 11.6. The van der Waals surface area contributed by atoms with Gasteiger partial charge >= 0.3 is 0 Å². The van der Waals surface area contributed by atoms with E-state index in [0.29, 0.717) is 24.5 Å². The van der Waals surface area contributed by atoms with Crippen molar-refractivity contribution in [3.05, 3.63) is 24.0 Å². The summed E-state index contributed by atoms with van der Waals surface area (Å²) in [7, 11) is 0. The van der Waals surface area contributed by atoms with Gasteiger partial charge in [0, 0.05) is 18.5 Å². The Hall–Kier alpha value is -1.62. The molecule has 0 heterocycles. The van der Waals surface area contributed by atoms with E-state index in [1.807, 2.05) is 20.8 Å². The zero-order chi connectivity index (χ0) is 14.3. The number of carbonyl (C=O) groups excluding carboxylic acids is 1. The Labute approximate surface area is 113 Å². The van der Waals surface area contributed by atoms with Gasteiger partial charge in [-0.3, -0.25) is 4.79 Å². The SMILES string of the molecule is CCNC(C)CC(=O)Nc1ccc(F)cc1OCC. The lowest BCUT2D eigenvalue weighted by Gasteiger charge is -2.14. The molecule has 1 amide bonds. The van der Waals surface area contributed by atoms with Gasteiger partial charge < -0.3 is 15.4 Å². The topological polar surface area (TPSA) is 50.4 Å². The Morgan fingerprint density at radius 1 is 1.42 bits per heavy atom. The van der Waals surface area contributed by atoms with Crippen LogP contribution in [0.4, 0.5) is 10.1 Å². The Balaban J connectivity index is 2.67. The minimum Gasteiger partial charge on any atom is -0.492 e. The summed E-state index contributed by atoms with van der Waals surface area (Å²) in [6.07, 6.45) is 0.358. The van der Waals surface area contributed by atoms with Crippen LogP contribution in [0.1, 0.15) is 27.2 Å². The summed E-state index contributed by atoms with van der Waals surface area (Å²) < 4.78 is 18.4. The normalized spacial score (nSPS) is 12.0. The van der Waals surface area contributed by atoms with Gasteiger partial charge in [0.2, 0.25) is 5.91 Å². The van der Waals surface area contributed by atoms with E-state index < -0.39 is 0 Å². The monoisotopic (exact) mass is 268 g/mol. The smallest absolute Gasteiger partial charge is 0.226 e. The van der Waals surface area contributed by atoms with Gasteiger partial charge in [-0.15, -0.1) is 0 Å². The molecular formula is C14H21FN2O2. The van der Waals surface area contributed by atoms with Gasteiger partial charge in [0.1, 0.15) is 11.6 Å². The number of hydrogen-bond donors (Lipinski definition) is 2. The summed E-state index contributed by atoms with van der Waals surface area (Å²) in [6, 6.07) is 4.18. The maximum atomic E-state index is 13.1. The van der Waals surface area contributed by atoms with E-state index in [1.165, 1.54) is 18.2 Å². The number of benzene rings is 1. The van der Waals surface area contributed by atoms with Crippen LogP contribution in [0.25, 0.3) is 0 Å². The highest BCUT2D eigenvalue weighted by atomic mass is 19.1. The fourth-order valence-electron chi connectivity index (χ4n) is 1.77. The fraction of sp³-hybridized carbons (Fsp3) is 0.500. The molecule has 0 bridgehead atoms. The number of amides is 1. The predicted molar refractivity (Wildman–Crippen MR) is 74.0 cm³/mol. The molecule has 1 atom stereocenters. The molecule has 0 saturated heterocycles. The highest BCUT2D eigenvalue weighted by Crippen LogP contribution is 2.25. The van der Waals surface area contributed by atoms with Crippen molar-refractivity contribution < 1.29 is 13.9 Å². The molecule has 106 valence electrons. The predicted octanol–water partition coefficient (Wildman–Crippen LogP) is 2.55. The molecular weight excluding hydrogens is 247 g/mol. The molecule has 0 fully saturated rings. The van der Waals surface area contributed by atoms with Gasteiger partial charge in [-0.2, -0.15) is 0 Å². The molecule has 1 rings (SSSR count). The number of rotatable bonds is 7. The van der Waals surface area contributed by atoms with Gasteiger partial charge in [-0.25, -0.2) is 4.39 Å². The summed E-state index contributed by atoms with van der Waals surface area (Å²) in [6.45, 7) is 6.97. The van der Waals surface area contributed by atoms with Crippen molar-refractivity contribution in [2.45, 2.75) is 33.2 Å². The maximum absolute atomic E-state index is 13.1. The van der Waals surface area contributed by atoms with Crippen molar-refractivity contribution in [1.29, 1.82) is 0 Å².